The molecule has 3 aliphatic heterocycles. The molecule has 0 radical (unpaired) electrons. The molecular formula is C22H37NO4. The van der Waals surface area contributed by atoms with Crippen LogP contribution in [-0.4, -0.2) is 42.7 Å². The molecule has 3 heterocycles. The Kier molecular flexibility index (Phi) is 8.62. The van der Waals surface area contributed by atoms with Gasteiger partial charge in [-0.2, -0.15) is 0 Å². The van der Waals surface area contributed by atoms with Crippen LogP contribution in [0.1, 0.15) is 77.0 Å². The molecule has 0 saturated carbocycles. The Labute approximate surface area is 163 Å². The minimum absolute atomic E-state index is 0.268. The van der Waals surface area contributed by atoms with Crippen LogP contribution in [0.4, 0.5) is 0 Å². The first-order chi connectivity index (χ1) is 13.2. The van der Waals surface area contributed by atoms with Gasteiger partial charge in [-0.1, -0.05) is 18.6 Å². The van der Waals surface area contributed by atoms with Gasteiger partial charge in [-0.25, -0.2) is 0 Å². The number of ether oxygens (including phenoxy) is 2. The fourth-order valence-corrected chi connectivity index (χ4v) is 5.01. The van der Waals surface area contributed by atoms with Crippen LogP contribution in [0.15, 0.2) is 12.2 Å². The number of fused-ring (bicyclic) bond motifs is 2. The lowest BCUT2D eigenvalue weighted by Gasteiger charge is -2.27. The first-order valence-corrected chi connectivity index (χ1v) is 11.1. The third kappa shape index (κ3) is 6.58. The standard InChI is InChI=1S/C22H37NO4/c24-22(25)12-4-2-1-3-9-17-18(20-14-13-19(17)27-20)10-5-7-15-23-21-11-6-8-16-26-21/h1,3,17-21,23H,2,4-16H2,(H,24,25)/b3-1-/t17-,18+,19-,20+,21?/m1/s1. The summed E-state index contributed by atoms with van der Waals surface area (Å²) in [7, 11) is 0. The summed E-state index contributed by atoms with van der Waals surface area (Å²) >= 11 is 0. The van der Waals surface area contributed by atoms with Gasteiger partial charge in [0.05, 0.1) is 12.2 Å². The summed E-state index contributed by atoms with van der Waals surface area (Å²) in [5.74, 6) is 0.668. The van der Waals surface area contributed by atoms with Gasteiger partial charge in [0.25, 0.3) is 0 Å². The smallest absolute Gasteiger partial charge is 0.303 e. The van der Waals surface area contributed by atoms with Gasteiger partial charge >= 0.3 is 5.97 Å². The van der Waals surface area contributed by atoms with Crippen molar-refractivity contribution < 1.29 is 19.4 Å². The highest BCUT2D eigenvalue weighted by Gasteiger charge is 2.47. The Morgan fingerprint density at radius 1 is 1.04 bits per heavy atom. The van der Waals surface area contributed by atoms with E-state index >= 15 is 0 Å². The van der Waals surface area contributed by atoms with Gasteiger partial charge in [0, 0.05) is 13.0 Å². The van der Waals surface area contributed by atoms with E-state index < -0.39 is 5.97 Å². The second kappa shape index (κ2) is 11.2. The van der Waals surface area contributed by atoms with Crippen molar-refractivity contribution in [2.24, 2.45) is 11.8 Å². The first-order valence-electron chi connectivity index (χ1n) is 11.1. The van der Waals surface area contributed by atoms with Crippen LogP contribution in [-0.2, 0) is 14.3 Å². The monoisotopic (exact) mass is 379 g/mol. The van der Waals surface area contributed by atoms with Crippen LogP contribution in [0.2, 0.25) is 0 Å². The van der Waals surface area contributed by atoms with E-state index in [1.165, 1.54) is 44.9 Å². The molecule has 3 fully saturated rings. The highest BCUT2D eigenvalue weighted by atomic mass is 16.5. The Morgan fingerprint density at radius 3 is 2.67 bits per heavy atom. The van der Waals surface area contributed by atoms with Crippen LogP contribution < -0.4 is 5.32 Å². The Morgan fingerprint density at radius 2 is 1.89 bits per heavy atom. The highest BCUT2D eigenvalue weighted by Crippen LogP contribution is 2.47. The van der Waals surface area contributed by atoms with Crippen molar-refractivity contribution >= 4 is 5.97 Å². The van der Waals surface area contributed by atoms with Gasteiger partial charge in [0.1, 0.15) is 6.23 Å². The number of nitrogens with one attached hydrogen (secondary N) is 1. The summed E-state index contributed by atoms with van der Waals surface area (Å²) in [6, 6.07) is 0. The average molecular weight is 380 g/mol. The lowest BCUT2D eigenvalue weighted by molar-refractivity contribution is -0.137. The largest absolute Gasteiger partial charge is 0.481 e. The van der Waals surface area contributed by atoms with E-state index in [1.807, 2.05) is 0 Å². The molecule has 0 aliphatic carbocycles. The van der Waals surface area contributed by atoms with Gasteiger partial charge in [-0.3, -0.25) is 10.1 Å². The van der Waals surface area contributed by atoms with Crippen molar-refractivity contribution in [2.45, 2.75) is 95.5 Å². The van der Waals surface area contributed by atoms with E-state index in [0.29, 0.717) is 24.0 Å². The molecule has 27 heavy (non-hydrogen) atoms. The number of allylic oxidation sites excluding steroid dienone is 2. The van der Waals surface area contributed by atoms with Crippen LogP contribution in [0.3, 0.4) is 0 Å². The number of aliphatic carboxylic acids is 1. The number of carbonyl (C=O) groups is 1. The third-order valence-electron chi connectivity index (χ3n) is 6.44. The lowest BCUT2D eigenvalue weighted by atomic mass is 9.75. The zero-order valence-corrected chi connectivity index (χ0v) is 16.6. The quantitative estimate of drug-likeness (QED) is 0.391. The molecule has 0 aromatic rings. The topological polar surface area (TPSA) is 67.8 Å². The number of carboxylic acid groups (broad SMARTS) is 1. The SMILES string of the molecule is O=C(O)CCC/C=C\C[C@@H]1[C@H](CCCCNC2CCCCO2)[C@@H]2CC[C@H]1O2. The molecule has 3 rings (SSSR count). The predicted octanol–water partition coefficient (Wildman–Crippen LogP) is 4.27. The van der Waals surface area contributed by atoms with Crippen molar-refractivity contribution in [3.63, 3.8) is 0 Å². The molecule has 5 heteroatoms. The van der Waals surface area contributed by atoms with E-state index in [4.69, 9.17) is 14.6 Å². The molecule has 3 saturated heterocycles. The molecule has 0 aromatic carbocycles. The summed E-state index contributed by atoms with van der Waals surface area (Å²) in [6.45, 7) is 1.96. The maximum Gasteiger partial charge on any atom is 0.303 e. The number of hydrogen-bond donors (Lipinski definition) is 2. The van der Waals surface area contributed by atoms with Crippen molar-refractivity contribution in [1.29, 1.82) is 0 Å². The molecule has 5 atom stereocenters. The van der Waals surface area contributed by atoms with Crippen LogP contribution in [0, 0.1) is 11.8 Å². The number of rotatable bonds is 12. The Hall–Kier alpha value is -0.910. The molecule has 1 unspecified atom stereocenters. The lowest BCUT2D eigenvalue weighted by Crippen LogP contribution is -2.35. The summed E-state index contributed by atoms with van der Waals surface area (Å²) in [4.78, 5) is 10.6. The Balaban J connectivity index is 1.31. The second-order valence-electron chi connectivity index (χ2n) is 8.42. The van der Waals surface area contributed by atoms with Gasteiger partial charge in [0.2, 0.25) is 0 Å². The molecular weight excluding hydrogens is 342 g/mol. The molecule has 0 spiro atoms. The maximum absolute atomic E-state index is 10.6. The van der Waals surface area contributed by atoms with E-state index in [1.54, 1.807) is 0 Å². The molecule has 5 nitrogen and oxygen atoms in total. The van der Waals surface area contributed by atoms with E-state index in [-0.39, 0.29) is 12.6 Å². The van der Waals surface area contributed by atoms with Gasteiger partial charge in [0.15, 0.2) is 0 Å². The van der Waals surface area contributed by atoms with Gasteiger partial charge < -0.3 is 14.6 Å². The number of hydrogen-bond acceptors (Lipinski definition) is 4. The molecule has 2 bridgehead atoms. The summed E-state index contributed by atoms with van der Waals surface area (Å²) in [5, 5.41) is 12.2. The Bertz CT molecular complexity index is 475. The minimum atomic E-state index is -0.700. The number of unbranched alkanes of at least 4 members (excludes halogenated alkanes) is 2. The van der Waals surface area contributed by atoms with E-state index in [0.717, 1.165) is 38.8 Å². The summed E-state index contributed by atoms with van der Waals surface area (Å²) < 4.78 is 11.9. The normalized spacial score (nSPS) is 33.1. The van der Waals surface area contributed by atoms with Crippen molar-refractivity contribution in [2.75, 3.05) is 13.2 Å². The number of carboxylic acids is 1. The van der Waals surface area contributed by atoms with Crippen LogP contribution in [0.25, 0.3) is 0 Å². The van der Waals surface area contributed by atoms with E-state index in [9.17, 15) is 4.79 Å². The zero-order chi connectivity index (χ0) is 18.9. The molecule has 2 N–H and O–H groups in total. The fraction of sp³-hybridized carbons (Fsp3) is 0.864. The van der Waals surface area contributed by atoms with Crippen LogP contribution in [0.5, 0.6) is 0 Å². The summed E-state index contributed by atoms with van der Waals surface area (Å²) in [5.41, 5.74) is 0. The zero-order valence-electron chi connectivity index (χ0n) is 16.6. The molecule has 0 aromatic heterocycles. The molecule has 3 aliphatic rings. The molecule has 154 valence electrons. The maximum atomic E-state index is 10.6. The van der Waals surface area contributed by atoms with Crippen molar-refractivity contribution in [3.05, 3.63) is 12.2 Å². The van der Waals surface area contributed by atoms with Crippen molar-refractivity contribution in [3.8, 4) is 0 Å². The third-order valence-corrected chi connectivity index (χ3v) is 6.44. The highest BCUT2D eigenvalue weighted by molar-refractivity contribution is 5.66. The fourth-order valence-electron chi connectivity index (χ4n) is 5.01. The summed E-state index contributed by atoms with van der Waals surface area (Å²) in [6.07, 6.45) is 18.5. The van der Waals surface area contributed by atoms with Crippen LogP contribution >= 0.6 is 0 Å². The minimum Gasteiger partial charge on any atom is -0.481 e. The van der Waals surface area contributed by atoms with Gasteiger partial charge in [-0.05, 0) is 82.6 Å². The van der Waals surface area contributed by atoms with E-state index in [2.05, 4.69) is 17.5 Å². The average Bonchev–Trinajstić information content (AvgIpc) is 3.27. The molecule has 0 amide bonds. The predicted molar refractivity (Wildman–Crippen MR) is 106 cm³/mol. The second-order valence-corrected chi connectivity index (χ2v) is 8.42. The first kappa shape index (κ1) is 20.8. The van der Waals surface area contributed by atoms with Crippen molar-refractivity contribution in [1.82, 2.24) is 5.32 Å². The van der Waals surface area contributed by atoms with Gasteiger partial charge in [-0.15, -0.1) is 0 Å².